The van der Waals surface area contributed by atoms with Gasteiger partial charge in [0.25, 0.3) is 0 Å². The molecule has 4 heteroatoms. The van der Waals surface area contributed by atoms with E-state index in [1.54, 1.807) is 0 Å². The van der Waals surface area contributed by atoms with Crippen LogP contribution in [0.4, 0.5) is 0 Å². The molecule has 0 atom stereocenters. The van der Waals surface area contributed by atoms with Crippen molar-refractivity contribution in [2.75, 3.05) is 0 Å². The molecule has 0 aromatic rings. The van der Waals surface area contributed by atoms with Crippen LogP contribution in [0.2, 0.25) is 0 Å². The predicted octanol–water partition coefficient (Wildman–Crippen LogP) is 1.39. The Morgan fingerprint density at radius 1 is 1.25 bits per heavy atom. The normalized spacial score (nSPS) is 4.50. The Bertz CT molecular complexity index is 6.00. The third-order valence-electron chi connectivity index (χ3n) is 0. The van der Waals surface area contributed by atoms with Crippen molar-refractivity contribution in [1.29, 1.82) is 0 Å². The summed E-state index contributed by atoms with van der Waals surface area (Å²) < 4.78 is 0. The van der Waals surface area contributed by atoms with E-state index < -0.39 is 0 Å². The summed E-state index contributed by atoms with van der Waals surface area (Å²) in [6.07, 6.45) is 0. The SMILES string of the molecule is [Ar].[I][Pb][I]. The number of halogens is 2. The molecule has 0 aromatic carbocycles. The van der Waals surface area contributed by atoms with Gasteiger partial charge in [0, 0.05) is 37.7 Å². The molecular formula is ArI2Pb. The van der Waals surface area contributed by atoms with E-state index in [1.807, 2.05) is 0 Å². The standard InChI is InChI=1S/Ar.2HI.Pb/h;2*1H;/q;;;+2/p-2. The van der Waals surface area contributed by atoms with Gasteiger partial charge in [0.15, 0.2) is 0 Å². The molecule has 0 aromatic heterocycles. The fraction of sp³-hybridized carbons (Fsp3) is 0. The van der Waals surface area contributed by atoms with Crippen LogP contribution in [0.5, 0.6) is 0 Å². The van der Waals surface area contributed by atoms with Crippen LogP contribution in [0.3, 0.4) is 0 Å². The van der Waals surface area contributed by atoms with Crippen LogP contribution in [-0.4, -0.2) is 15.6 Å². The second-order valence-electron chi connectivity index (χ2n) is 0.0714. The summed E-state index contributed by atoms with van der Waals surface area (Å²) in [7, 11) is 0. The minimum absolute atomic E-state index is 0. The quantitative estimate of drug-likeness (QED) is 0.348. The van der Waals surface area contributed by atoms with E-state index >= 15 is 0 Å². The molecule has 0 nitrogen and oxygen atoms in total. The van der Waals surface area contributed by atoms with E-state index in [0.717, 1.165) is 0 Å². The van der Waals surface area contributed by atoms with E-state index in [1.165, 1.54) is 0 Å². The minimum atomic E-state index is 0. The van der Waals surface area contributed by atoms with Gasteiger partial charge in [-0.2, -0.15) is 0 Å². The van der Waals surface area contributed by atoms with Crippen molar-refractivity contribution in [3.8, 4) is 0 Å². The molecule has 4 heavy (non-hydrogen) atoms. The van der Waals surface area contributed by atoms with Crippen LogP contribution in [0, 0.1) is 37.7 Å². The van der Waals surface area contributed by atoms with Crippen LogP contribution < -0.4 is 0 Å². The average molecular weight is 501 g/mol. The topological polar surface area (TPSA) is 0 Å². The van der Waals surface area contributed by atoms with Crippen molar-refractivity contribution in [3.63, 3.8) is 0 Å². The average Bonchev–Trinajstić information content (AvgIpc) is 0.918. The fourth-order valence-corrected chi connectivity index (χ4v) is 0. The van der Waals surface area contributed by atoms with E-state index in [9.17, 15) is 0 Å². The molecule has 0 amide bonds. The molecule has 0 saturated carbocycles. The molecule has 0 fully saturated rings. The van der Waals surface area contributed by atoms with Crippen molar-refractivity contribution < 1.29 is 37.7 Å². The molecule has 0 aliphatic heterocycles. The molecule has 26 valence electrons. The molecule has 0 saturated heterocycles. The third kappa shape index (κ3) is 9.17. The Morgan fingerprint density at radius 2 is 1.25 bits per heavy atom. The summed E-state index contributed by atoms with van der Waals surface area (Å²) in [5, 5.41) is 0. The van der Waals surface area contributed by atoms with Crippen LogP contribution in [-0.2, 0) is 0 Å². The van der Waals surface area contributed by atoms with Crippen LogP contribution in [0.1, 0.15) is 0 Å². The number of hydrogen-bond acceptors (Lipinski definition) is 0. The van der Waals surface area contributed by atoms with Gasteiger partial charge in [0.05, 0.1) is 0 Å². The molecule has 0 rings (SSSR count). The Balaban J connectivity index is 0. The molecular weight excluding hydrogens is 501 g/mol. The molecule has 0 aliphatic rings. The predicted molar refractivity (Wildman–Crippen MR) is 33.8 cm³/mol. The Kier molecular flexibility index (Phi) is 26.0. The number of hydrogen-bond donors (Lipinski definition) is 0. The van der Waals surface area contributed by atoms with Gasteiger partial charge in [0.1, 0.15) is 0 Å². The molecule has 2 radical (unpaired) electrons. The number of rotatable bonds is 0. The van der Waals surface area contributed by atoms with Crippen molar-refractivity contribution in [2.45, 2.75) is 0 Å². The van der Waals surface area contributed by atoms with E-state index in [0.29, 0.717) is 0 Å². The van der Waals surface area contributed by atoms with Gasteiger partial charge >= 0.3 is 51.2 Å². The zero-order valence-electron chi connectivity index (χ0n) is 1.61. The molecule has 0 unspecified atom stereocenters. The Labute approximate surface area is 86.0 Å². The van der Waals surface area contributed by atoms with Gasteiger partial charge in [-0.3, -0.25) is 0 Å². The Morgan fingerprint density at radius 3 is 1.25 bits per heavy atom. The fourth-order valence-electron chi connectivity index (χ4n) is 0. The van der Waals surface area contributed by atoms with Gasteiger partial charge < -0.3 is 0 Å². The first-order valence-electron chi connectivity index (χ1n) is 0.378. The van der Waals surface area contributed by atoms with Gasteiger partial charge in [-0.1, -0.05) is 0 Å². The van der Waals surface area contributed by atoms with Gasteiger partial charge in [0.2, 0.25) is 0 Å². The summed E-state index contributed by atoms with van der Waals surface area (Å²) in [5.74, 6) is 0. The summed E-state index contributed by atoms with van der Waals surface area (Å²) in [6.45, 7) is 0. The third-order valence-corrected chi connectivity index (χ3v) is 0. The van der Waals surface area contributed by atoms with E-state index in [4.69, 9.17) is 0 Å². The van der Waals surface area contributed by atoms with Gasteiger partial charge in [-0.25, -0.2) is 0 Å². The monoisotopic (exact) mass is 502 g/mol. The zero-order valence-corrected chi connectivity index (χ0v) is 10.5. The summed E-state index contributed by atoms with van der Waals surface area (Å²) in [5.41, 5.74) is 0. The van der Waals surface area contributed by atoms with Crippen molar-refractivity contribution in [2.24, 2.45) is 0 Å². The van der Waals surface area contributed by atoms with Gasteiger partial charge in [-0.05, 0) is 0 Å². The molecule has 0 spiro atoms. The summed E-state index contributed by atoms with van der Waals surface area (Å²) >= 11 is 4.96. The van der Waals surface area contributed by atoms with Gasteiger partial charge in [-0.15, -0.1) is 0 Å². The second-order valence-corrected chi connectivity index (χ2v) is 28.2. The molecule has 0 bridgehead atoms. The maximum atomic E-state index is 2.47. The van der Waals surface area contributed by atoms with E-state index in [2.05, 4.69) is 35.5 Å². The first-order chi connectivity index (χ1) is 1.41. The van der Waals surface area contributed by atoms with Crippen molar-refractivity contribution in [3.05, 3.63) is 0 Å². The van der Waals surface area contributed by atoms with Crippen LogP contribution in [0.15, 0.2) is 0 Å². The second kappa shape index (κ2) is 9.81. The zero-order chi connectivity index (χ0) is 2.71. The first kappa shape index (κ1) is 10.6. The summed E-state index contributed by atoms with van der Waals surface area (Å²) in [4.78, 5) is 0. The Hall–Kier alpha value is 3.64. The molecule has 0 N–H and O–H groups in total. The van der Waals surface area contributed by atoms with Crippen molar-refractivity contribution in [1.82, 2.24) is 0 Å². The maximum absolute atomic E-state index is 2.47. The molecule has 0 heterocycles. The molecule has 0 aliphatic carbocycles. The summed E-state index contributed by atoms with van der Waals surface area (Å²) in [6, 6.07) is 0. The first-order valence-corrected chi connectivity index (χ1v) is 22.2. The van der Waals surface area contributed by atoms with Crippen LogP contribution >= 0.6 is 35.5 Å². The van der Waals surface area contributed by atoms with Crippen LogP contribution in [0.25, 0.3) is 0 Å². The van der Waals surface area contributed by atoms with E-state index in [-0.39, 0.29) is 53.4 Å². The van der Waals surface area contributed by atoms with Crippen molar-refractivity contribution >= 4 is 51.2 Å².